The number of hydrogen-bond acceptors (Lipinski definition) is 5. The minimum atomic E-state index is -3.36. The Morgan fingerprint density at radius 1 is 1.47 bits per heavy atom. The summed E-state index contributed by atoms with van der Waals surface area (Å²) < 4.78 is 28.4. The molecule has 0 amide bonds. The average Bonchev–Trinajstić information content (AvgIpc) is 2.91. The van der Waals surface area contributed by atoms with E-state index >= 15 is 0 Å². The van der Waals surface area contributed by atoms with Gasteiger partial charge in [0.1, 0.15) is 0 Å². The maximum absolute atomic E-state index is 12.1. The van der Waals surface area contributed by atoms with Crippen LogP contribution >= 0.6 is 11.3 Å². The largest absolute Gasteiger partial charge is 0.319 e. The number of nitrogens with one attached hydrogen (secondary N) is 2. The van der Waals surface area contributed by atoms with Gasteiger partial charge in [-0.25, -0.2) is 0 Å². The molecule has 108 valence electrons. The van der Waals surface area contributed by atoms with Crippen LogP contribution in [0.4, 0.5) is 0 Å². The topological polar surface area (TPSA) is 74.3 Å². The smallest absolute Gasteiger partial charge is 0.279 e. The number of rotatable bonds is 6. The molecule has 2 N–H and O–H groups in total. The number of hydrogen-bond donors (Lipinski definition) is 2. The van der Waals surface area contributed by atoms with Gasteiger partial charge < -0.3 is 5.32 Å². The molecule has 0 radical (unpaired) electrons. The molecule has 0 bridgehead atoms. The van der Waals surface area contributed by atoms with Gasteiger partial charge in [0.2, 0.25) is 0 Å². The van der Waals surface area contributed by atoms with Gasteiger partial charge in [-0.05, 0) is 32.4 Å². The zero-order chi connectivity index (χ0) is 13.7. The van der Waals surface area contributed by atoms with Crippen LogP contribution in [0.2, 0.25) is 0 Å². The van der Waals surface area contributed by atoms with E-state index in [0.29, 0.717) is 25.6 Å². The van der Waals surface area contributed by atoms with Crippen molar-refractivity contribution >= 4 is 21.5 Å². The van der Waals surface area contributed by atoms with E-state index in [1.54, 1.807) is 16.0 Å². The van der Waals surface area contributed by atoms with Crippen LogP contribution in [0.1, 0.15) is 17.7 Å². The fourth-order valence-corrected chi connectivity index (χ4v) is 4.06. The van der Waals surface area contributed by atoms with Crippen molar-refractivity contribution < 1.29 is 8.42 Å². The fourth-order valence-electron chi connectivity index (χ4n) is 2.23. The molecule has 1 fully saturated rings. The molecule has 0 atom stereocenters. The molecule has 0 aliphatic carbocycles. The van der Waals surface area contributed by atoms with Crippen LogP contribution in [0.5, 0.6) is 0 Å². The minimum absolute atomic E-state index is 0.323. The Morgan fingerprint density at radius 3 is 2.79 bits per heavy atom. The van der Waals surface area contributed by atoms with Gasteiger partial charge in [-0.3, -0.25) is 4.98 Å². The van der Waals surface area contributed by atoms with Crippen LogP contribution in [0.15, 0.2) is 11.7 Å². The van der Waals surface area contributed by atoms with Gasteiger partial charge in [0, 0.05) is 30.7 Å². The Morgan fingerprint density at radius 2 is 2.21 bits per heavy atom. The van der Waals surface area contributed by atoms with Crippen molar-refractivity contribution in [2.75, 3.05) is 26.7 Å². The summed E-state index contributed by atoms with van der Waals surface area (Å²) in [5, 5.41) is 3.15. The van der Waals surface area contributed by atoms with Crippen molar-refractivity contribution in [3.05, 3.63) is 16.6 Å². The maximum atomic E-state index is 12.1. The van der Waals surface area contributed by atoms with Crippen molar-refractivity contribution in [2.45, 2.75) is 19.4 Å². The number of piperidine rings is 1. The molecule has 19 heavy (non-hydrogen) atoms. The maximum Gasteiger partial charge on any atom is 0.279 e. The van der Waals surface area contributed by atoms with Crippen LogP contribution in [0, 0.1) is 5.92 Å². The van der Waals surface area contributed by atoms with Gasteiger partial charge in [0.15, 0.2) is 0 Å². The molecular formula is C11H20N4O2S2. The lowest BCUT2D eigenvalue weighted by molar-refractivity contribution is 0.268. The summed E-state index contributed by atoms with van der Waals surface area (Å²) in [6.07, 6.45) is 3.52. The molecule has 1 aromatic heterocycles. The van der Waals surface area contributed by atoms with Crippen LogP contribution in [0.3, 0.4) is 0 Å². The van der Waals surface area contributed by atoms with E-state index in [2.05, 4.69) is 15.0 Å². The summed E-state index contributed by atoms with van der Waals surface area (Å²) >= 11 is 1.45. The monoisotopic (exact) mass is 304 g/mol. The van der Waals surface area contributed by atoms with Gasteiger partial charge in [0.05, 0.1) is 5.51 Å². The van der Waals surface area contributed by atoms with Crippen LogP contribution in [0.25, 0.3) is 0 Å². The molecule has 8 heteroatoms. The predicted molar refractivity (Wildman–Crippen MR) is 76.1 cm³/mol. The quantitative estimate of drug-likeness (QED) is 0.798. The van der Waals surface area contributed by atoms with Crippen LogP contribution < -0.4 is 10.0 Å². The molecule has 1 saturated heterocycles. The van der Waals surface area contributed by atoms with Crippen molar-refractivity contribution in [2.24, 2.45) is 5.92 Å². The zero-order valence-electron chi connectivity index (χ0n) is 11.0. The van der Waals surface area contributed by atoms with Gasteiger partial charge >= 0.3 is 0 Å². The molecule has 1 aliphatic rings. The second-order valence-electron chi connectivity index (χ2n) is 4.69. The van der Waals surface area contributed by atoms with Crippen molar-refractivity contribution in [1.29, 1.82) is 0 Å². The lowest BCUT2D eigenvalue weighted by Crippen LogP contribution is -2.45. The van der Waals surface area contributed by atoms with E-state index < -0.39 is 10.2 Å². The summed E-state index contributed by atoms with van der Waals surface area (Å²) in [4.78, 5) is 4.85. The number of thiazole rings is 1. The lowest BCUT2D eigenvalue weighted by atomic mass is 9.98. The Labute approximate surface area is 118 Å². The predicted octanol–water partition coefficient (Wildman–Crippen LogP) is 0.409. The van der Waals surface area contributed by atoms with E-state index in [1.807, 2.05) is 7.05 Å². The first-order valence-electron chi connectivity index (χ1n) is 6.38. The highest BCUT2D eigenvalue weighted by atomic mass is 32.2. The normalized spacial score (nSPS) is 18.8. The molecule has 0 unspecified atom stereocenters. The molecule has 1 aliphatic heterocycles. The Hall–Kier alpha value is -0.540. The van der Waals surface area contributed by atoms with Crippen molar-refractivity contribution in [1.82, 2.24) is 19.3 Å². The summed E-state index contributed by atoms with van der Waals surface area (Å²) in [6, 6.07) is 0. The first kappa shape index (κ1) is 14.9. The summed E-state index contributed by atoms with van der Waals surface area (Å²) in [6.45, 7) is 2.49. The highest BCUT2D eigenvalue weighted by Crippen LogP contribution is 2.18. The third-order valence-corrected chi connectivity index (χ3v) is 5.65. The highest BCUT2D eigenvalue weighted by Gasteiger charge is 2.27. The van der Waals surface area contributed by atoms with E-state index in [1.165, 1.54) is 11.3 Å². The van der Waals surface area contributed by atoms with Gasteiger partial charge in [-0.15, -0.1) is 11.3 Å². The third-order valence-electron chi connectivity index (χ3n) is 3.32. The zero-order valence-corrected chi connectivity index (χ0v) is 12.6. The van der Waals surface area contributed by atoms with E-state index in [4.69, 9.17) is 0 Å². The Bertz CT molecular complexity index is 467. The van der Waals surface area contributed by atoms with Crippen LogP contribution in [-0.4, -0.2) is 44.4 Å². The number of aromatic nitrogens is 1. The first-order valence-corrected chi connectivity index (χ1v) is 8.70. The van der Waals surface area contributed by atoms with Gasteiger partial charge in [-0.2, -0.15) is 17.4 Å². The van der Waals surface area contributed by atoms with E-state index in [0.717, 1.165) is 24.3 Å². The molecule has 2 rings (SSSR count). The number of nitrogens with zero attached hydrogens (tertiary/aromatic N) is 2. The minimum Gasteiger partial charge on any atom is -0.319 e. The van der Waals surface area contributed by atoms with Gasteiger partial charge in [-0.1, -0.05) is 0 Å². The fraction of sp³-hybridized carbons (Fsp3) is 0.727. The Kier molecular flexibility index (Phi) is 5.28. The molecule has 6 nitrogen and oxygen atoms in total. The second-order valence-corrected chi connectivity index (χ2v) is 7.42. The summed E-state index contributed by atoms with van der Waals surface area (Å²) in [7, 11) is -1.43. The van der Waals surface area contributed by atoms with Crippen molar-refractivity contribution in [3.63, 3.8) is 0 Å². The second kappa shape index (κ2) is 6.76. The first-order chi connectivity index (χ1) is 9.12. The molecule has 0 aromatic carbocycles. The van der Waals surface area contributed by atoms with Crippen LogP contribution in [-0.2, 0) is 16.8 Å². The molecule has 2 heterocycles. The molecular weight excluding hydrogens is 284 g/mol. The average molecular weight is 304 g/mol. The lowest BCUT2D eigenvalue weighted by Gasteiger charge is -2.31. The highest BCUT2D eigenvalue weighted by molar-refractivity contribution is 7.87. The SMILES string of the molecule is CNCC1CCN(S(=O)(=O)NCc2cncs2)CC1. The summed E-state index contributed by atoms with van der Waals surface area (Å²) in [5.41, 5.74) is 1.70. The summed E-state index contributed by atoms with van der Waals surface area (Å²) in [5.74, 6) is 0.581. The van der Waals surface area contributed by atoms with Crippen molar-refractivity contribution in [3.8, 4) is 0 Å². The van der Waals surface area contributed by atoms with E-state index in [9.17, 15) is 8.42 Å². The van der Waals surface area contributed by atoms with Gasteiger partial charge in [0.25, 0.3) is 10.2 Å². The Balaban J connectivity index is 1.83. The standard InChI is InChI=1S/C11H20N4O2S2/c1-12-6-10-2-4-15(5-3-10)19(16,17)14-8-11-7-13-9-18-11/h7,9-10,12,14H,2-6,8H2,1H3. The van der Waals surface area contributed by atoms with E-state index in [-0.39, 0.29) is 0 Å². The molecule has 1 aromatic rings. The molecule has 0 spiro atoms. The molecule has 0 saturated carbocycles. The third kappa shape index (κ3) is 4.22.